The second kappa shape index (κ2) is 8.25. The number of benzene rings is 2. The number of nitrogens with zero attached hydrogens (tertiary/aromatic N) is 6. The minimum atomic E-state index is 0.649. The van der Waals surface area contributed by atoms with Crippen LogP contribution in [0.1, 0.15) is 12.5 Å². The second-order valence-electron chi connectivity index (χ2n) is 7.01. The van der Waals surface area contributed by atoms with Crippen LogP contribution in [0.3, 0.4) is 0 Å². The van der Waals surface area contributed by atoms with Gasteiger partial charge in [-0.15, -0.1) is 5.10 Å². The first kappa shape index (κ1) is 18.2. The molecule has 0 aliphatic carbocycles. The molecule has 1 aliphatic heterocycles. The van der Waals surface area contributed by atoms with Crippen LogP contribution in [0.2, 0.25) is 0 Å². The van der Waals surface area contributed by atoms with Gasteiger partial charge in [-0.25, -0.2) is 0 Å². The van der Waals surface area contributed by atoms with E-state index in [1.165, 1.54) is 11.3 Å². The third kappa shape index (κ3) is 3.91. The van der Waals surface area contributed by atoms with Crippen LogP contribution in [0.5, 0.6) is 0 Å². The van der Waals surface area contributed by atoms with Gasteiger partial charge in [0.1, 0.15) is 0 Å². The van der Waals surface area contributed by atoms with E-state index in [-0.39, 0.29) is 0 Å². The number of rotatable bonds is 5. The Morgan fingerprint density at radius 2 is 1.68 bits per heavy atom. The average Bonchev–Trinajstić information content (AvgIpc) is 2.75. The Balaban J connectivity index is 1.50. The molecule has 0 amide bonds. The summed E-state index contributed by atoms with van der Waals surface area (Å²) in [5.41, 5.74) is 3.59. The van der Waals surface area contributed by atoms with Crippen molar-refractivity contribution in [3.05, 3.63) is 66.4 Å². The molecule has 0 atom stereocenters. The van der Waals surface area contributed by atoms with Gasteiger partial charge in [-0.05, 0) is 43.7 Å². The highest BCUT2D eigenvalue weighted by Crippen LogP contribution is 2.24. The van der Waals surface area contributed by atoms with Crippen molar-refractivity contribution in [3.63, 3.8) is 0 Å². The van der Waals surface area contributed by atoms with Crippen molar-refractivity contribution in [2.75, 3.05) is 47.4 Å². The molecule has 1 fully saturated rings. The minimum absolute atomic E-state index is 0.649. The fourth-order valence-electron chi connectivity index (χ4n) is 3.62. The molecule has 0 bridgehead atoms. The summed E-state index contributed by atoms with van der Waals surface area (Å²) in [5, 5.41) is 8.55. The molecular weight excluding hydrogens is 348 g/mol. The number of hydrogen-bond donors (Lipinski definition) is 0. The topological polar surface area (TPSA) is 48.4 Å². The van der Waals surface area contributed by atoms with Gasteiger partial charge in [-0.1, -0.05) is 30.3 Å². The van der Waals surface area contributed by atoms with Crippen LogP contribution in [0, 0.1) is 6.92 Å². The SMILES string of the molecule is CCN(c1cccc(C)c1)c1nncc(N2CCN(c3ccccc3)CC2)n1. The Kier molecular flexibility index (Phi) is 5.37. The maximum Gasteiger partial charge on any atom is 0.251 e. The molecule has 6 nitrogen and oxygen atoms in total. The molecule has 0 unspecified atom stereocenters. The van der Waals surface area contributed by atoms with Gasteiger partial charge in [0, 0.05) is 44.1 Å². The summed E-state index contributed by atoms with van der Waals surface area (Å²) in [4.78, 5) is 11.6. The largest absolute Gasteiger partial charge is 0.368 e. The van der Waals surface area contributed by atoms with Gasteiger partial charge in [0.15, 0.2) is 5.82 Å². The molecule has 3 aromatic rings. The summed E-state index contributed by atoms with van der Waals surface area (Å²) in [6, 6.07) is 19.0. The van der Waals surface area contributed by atoms with Gasteiger partial charge in [-0.3, -0.25) is 0 Å². The molecule has 1 aliphatic rings. The standard InChI is InChI=1S/C22H26N6/c1-3-28(20-11-7-8-18(2)16-20)22-24-21(17-23-25-22)27-14-12-26(13-15-27)19-9-5-4-6-10-19/h4-11,16-17H,3,12-15H2,1-2H3. The molecular formula is C22H26N6. The fraction of sp³-hybridized carbons (Fsp3) is 0.318. The van der Waals surface area contributed by atoms with Gasteiger partial charge in [0.25, 0.3) is 5.95 Å². The lowest BCUT2D eigenvalue weighted by atomic mass is 10.2. The van der Waals surface area contributed by atoms with Crippen molar-refractivity contribution in [1.82, 2.24) is 15.2 Å². The van der Waals surface area contributed by atoms with E-state index in [2.05, 4.69) is 93.3 Å². The highest BCUT2D eigenvalue weighted by atomic mass is 15.4. The Morgan fingerprint density at radius 3 is 2.39 bits per heavy atom. The molecule has 0 spiro atoms. The molecule has 2 heterocycles. The summed E-state index contributed by atoms with van der Waals surface area (Å²) >= 11 is 0. The quantitative estimate of drug-likeness (QED) is 0.679. The number of aryl methyl sites for hydroxylation is 1. The zero-order chi connectivity index (χ0) is 19.3. The number of piperazine rings is 1. The molecule has 0 saturated carbocycles. The minimum Gasteiger partial charge on any atom is -0.368 e. The summed E-state index contributed by atoms with van der Waals surface area (Å²) < 4.78 is 0. The predicted octanol–water partition coefficient (Wildman–Crippen LogP) is 3.66. The maximum absolute atomic E-state index is 4.83. The lowest BCUT2D eigenvalue weighted by Crippen LogP contribution is -2.47. The number of aromatic nitrogens is 3. The molecule has 6 heteroatoms. The zero-order valence-electron chi connectivity index (χ0n) is 16.5. The van der Waals surface area contributed by atoms with Gasteiger partial charge >= 0.3 is 0 Å². The van der Waals surface area contributed by atoms with E-state index in [0.717, 1.165) is 44.2 Å². The molecule has 4 rings (SSSR count). The molecule has 1 aromatic heterocycles. The van der Waals surface area contributed by atoms with E-state index in [4.69, 9.17) is 4.98 Å². The van der Waals surface area contributed by atoms with Gasteiger partial charge in [-0.2, -0.15) is 10.1 Å². The third-order valence-corrected chi connectivity index (χ3v) is 5.13. The Labute approximate surface area is 166 Å². The molecule has 0 N–H and O–H groups in total. The second-order valence-corrected chi connectivity index (χ2v) is 7.01. The Morgan fingerprint density at radius 1 is 0.929 bits per heavy atom. The van der Waals surface area contributed by atoms with Gasteiger partial charge in [0.05, 0.1) is 6.20 Å². The van der Waals surface area contributed by atoms with Crippen molar-refractivity contribution in [1.29, 1.82) is 0 Å². The van der Waals surface area contributed by atoms with Crippen molar-refractivity contribution >= 4 is 23.1 Å². The molecule has 1 saturated heterocycles. The molecule has 28 heavy (non-hydrogen) atoms. The van der Waals surface area contributed by atoms with Crippen LogP contribution in [0.15, 0.2) is 60.8 Å². The molecule has 0 radical (unpaired) electrons. The van der Waals surface area contributed by atoms with Gasteiger partial charge < -0.3 is 14.7 Å². The summed E-state index contributed by atoms with van der Waals surface area (Å²) in [7, 11) is 0. The number of para-hydroxylation sites is 1. The van der Waals surface area contributed by atoms with Crippen molar-refractivity contribution in [2.24, 2.45) is 0 Å². The van der Waals surface area contributed by atoms with Crippen LogP contribution in [0.4, 0.5) is 23.1 Å². The summed E-state index contributed by atoms with van der Waals surface area (Å²) in [6.07, 6.45) is 1.77. The molecule has 144 valence electrons. The van der Waals surface area contributed by atoms with Crippen LogP contribution < -0.4 is 14.7 Å². The van der Waals surface area contributed by atoms with E-state index < -0.39 is 0 Å². The third-order valence-electron chi connectivity index (χ3n) is 5.13. The van der Waals surface area contributed by atoms with Crippen LogP contribution in [-0.4, -0.2) is 47.9 Å². The van der Waals surface area contributed by atoms with E-state index >= 15 is 0 Å². The van der Waals surface area contributed by atoms with Gasteiger partial charge in [0.2, 0.25) is 0 Å². The van der Waals surface area contributed by atoms with E-state index in [0.29, 0.717) is 5.95 Å². The van der Waals surface area contributed by atoms with E-state index in [1.807, 2.05) is 0 Å². The smallest absolute Gasteiger partial charge is 0.251 e. The number of anilines is 4. The highest BCUT2D eigenvalue weighted by molar-refractivity contribution is 5.59. The highest BCUT2D eigenvalue weighted by Gasteiger charge is 2.20. The molecule has 2 aromatic carbocycles. The maximum atomic E-state index is 4.83. The summed E-state index contributed by atoms with van der Waals surface area (Å²) in [6.45, 7) is 8.77. The fourth-order valence-corrected chi connectivity index (χ4v) is 3.62. The first-order chi connectivity index (χ1) is 13.7. The van der Waals surface area contributed by atoms with E-state index in [1.54, 1.807) is 6.20 Å². The zero-order valence-corrected chi connectivity index (χ0v) is 16.5. The Bertz CT molecular complexity index is 906. The monoisotopic (exact) mass is 374 g/mol. The van der Waals surface area contributed by atoms with Crippen LogP contribution in [0.25, 0.3) is 0 Å². The van der Waals surface area contributed by atoms with Crippen LogP contribution >= 0.6 is 0 Å². The normalized spacial score (nSPS) is 14.2. The first-order valence-electron chi connectivity index (χ1n) is 9.83. The van der Waals surface area contributed by atoms with Crippen molar-refractivity contribution in [3.8, 4) is 0 Å². The average molecular weight is 374 g/mol. The van der Waals surface area contributed by atoms with Crippen molar-refractivity contribution in [2.45, 2.75) is 13.8 Å². The Hall–Kier alpha value is -3.15. The predicted molar refractivity (Wildman–Crippen MR) is 115 cm³/mol. The lowest BCUT2D eigenvalue weighted by Gasteiger charge is -2.36. The number of hydrogen-bond acceptors (Lipinski definition) is 6. The van der Waals surface area contributed by atoms with Crippen molar-refractivity contribution < 1.29 is 0 Å². The lowest BCUT2D eigenvalue weighted by molar-refractivity contribution is 0.644. The van der Waals surface area contributed by atoms with Crippen LogP contribution in [-0.2, 0) is 0 Å². The first-order valence-corrected chi connectivity index (χ1v) is 9.83. The summed E-state index contributed by atoms with van der Waals surface area (Å²) in [5.74, 6) is 1.54. The van der Waals surface area contributed by atoms with E-state index in [9.17, 15) is 0 Å².